The highest BCUT2D eigenvalue weighted by Gasteiger charge is 2.06. The van der Waals surface area contributed by atoms with Gasteiger partial charge in [0.1, 0.15) is 12.4 Å². The molecule has 0 aliphatic heterocycles. The van der Waals surface area contributed by atoms with Gasteiger partial charge in [0.2, 0.25) is 0 Å². The zero-order valence-corrected chi connectivity index (χ0v) is 12.9. The van der Waals surface area contributed by atoms with Crippen molar-refractivity contribution in [1.29, 1.82) is 0 Å². The van der Waals surface area contributed by atoms with Crippen LogP contribution in [-0.2, 0) is 20.1 Å². The van der Waals surface area contributed by atoms with Crippen molar-refractivity contribution >= 4 is 0 Å². The fourth-order valence-electron chi connectivity index (χ4n) is 2.16. The molecule has 0 saturated heterocycles. The molecule has 2 rings (SSSR count). The molecule has 0 radical (unpaired) electrons. The molecule has 0 N–H and O–H groups in total. The molecule has 108 valence electrons. The van der Waals surface area contributed by atoms with E-state index in [1.165, 1.54) is 5.56 Å². The molecule has 0 spiro atoms. The standard InChI is InChI=1S/C17H24N2O/c1-5-13(3)14-7-9-17(10-8-14)20-12-16-11-15(6-2)18-19(16)4/h7-11,13H,5-6,12H2,1-4H3. The van der Waals surface area contributed by atoms with Gasteiger partial charge in [-0.25, -0.2) is 0 Å². The van der Waals surface area contributed by atoms with Crippen LogP contribution in [-0.4, -0.2) is 9.78 Å². The summed E-state index contributed by atoms with van der Waals surface area (Å²) in [7, 11) is 1.96. The number of aromatic nitrogens is 2. The van der Waals surface area contributed by atoms with Gasteiger partial charge in [0, 0.05) is 7.05 Å². The number of aryl methyl sites for hydroxylation is 2. The van der Waals surface area contributed by atoms with Crippen molar-refractivity contribution in [3.8, 4) is 5.75 Å². The molecule has 1 unspecified atom stereocenters. The minimum atomic E-state index is 0.562. The summed E-state index contributed by atoms with van der Waals surface area (Å²) in [6, 6.07) is 10.5. The van der Waals surface area contributed by atoms with Crippen LogP contribution in [0.2, 0.25) is 0 Å². The van der Waals surface area contributed by atoms with E-state index in [0.717, 1.165) is 30.0 Å². The Morgan fingerprint density at radius 1 is 1.20 bits per heavy atom. The van der Waals surface area contributed by atoms with Gasteiger partial charge in [0.15, 0.2) is 0 Å². The highest BCUT2D eigenvalue weighted by Crippen LogP contribution is 2.22. The van der Waals surface area contributed by atoms with E-state index >= 15 is 0 Å². The zero-order chi connectivity index (χ0) is 14.5. The van der Waals surface area contributed by atoms with Crippen molar-refractivity contribution < 1.29 is 4.74 Å². The second-order valence-electron chi connectivity index (χ2n) is 5.27. The largest absolute Gasteiger partial charge is 0.487 e. The summed E-state index contributed by atoms with van der Waals surface area (Å²) in [5.74, 6) is 1.52. The summed E-state index contributed by atoms with van der Waals surface area (Å²) in [5, 5.41) is 4.43. The van der Waals surface area contributed by atoms with Crippen LogP contribution in [0.25, 0.3) is 0 Å². The Hall–Kier alpha value is -1.77. The fraction of sp³-hybridized carbons (Fsp3) is 0.471. The molecule has 3 nitrogen and oxygen atoms in total. The van der Waals surface area contributed by atoms with Crippen molar-refractivity contribution in [1.82, 2.24) is 9.78 Å². The molecule has 3 heteroatoms. The van der Waals surface area contributed by atoms with Crippen LogP contribution >= 0.6 is 0 Å². The van der Waals surface area contributed by atoms with Crippen molar-refractivity contribution in [2.75, 3.05) is 0 Å². The van der Waals surface area contributed by atoms with Gasteiger partial charge in [0.25, 0.3) is 0 Å². The summed E-state index contributed by atoms with van der Waals surface area (Å²) in [6.45, 7) is 7.13. The van der Waals surface area contributed by atoms with Crippen LogP contribution in [0.1, 0.15) is 50.1 Å². The normalized spacial score (nSPS) is 12.4. The van der Waals surface area contributed by atoms with Crippen LogP contribution in [0, 0.1) is 0 Å². The lowest BCUT2D eigenvalue weighted by molar-refractivity contribution is 0.295. The van der Waals surface area contributed by atoms with E-state index in [-0.39, 0.29) is 0 Å². The Morgan fingerprint density at radius 2 is 1.90 bits per heavy atom. The summed E-state index contributed by atoms with van der Waals surface area (Å²) in [6.07, 6.45) is 2.12. The molecule has 0 aliphatic carbocycles. The van der Waals surface area contributed by atoms with E-state index in [0.29, 0.717) is 12.5 Å². The molecule has 1 aromatic heterocycles. The van der Waals surface area contributed by atoms with Gasteiger partial charge in [-0.05, 0) is 42.5 Å². The maximum absolute atomic E-state index is 5.84. The first kappa shape index (κ1) is 14.6. The molecular formula is C17H24N2O. The second kappa shape index (κ2) is 6.60. The number of benzene rings is 1. The molecular weight excluding hydrogens is 248 g/mol. The third-order valence-electron chi connectivity index (χ3n) is 3.84. The Balaban J connectivity index is 1.98. The van der Waals surface area contributed by atoms with E-state index in [1.807, 2.05) is 11.7 Å². The van der Waals surface area contributed by atoms with E-state index in [4.69, 9.17) is 4.74 Å². The van der Waals surface area contributed by atoms with Crippen molar-refractivity contribution in [2.24, 2.45) is 7.05 Å². The molecule has 2 aromatic rings. The highest BCUT2D eigenvalue weighted by atomic mass is 16.5. The Bertz CT molecular complexity index is 543. The number of ether oxygens (including phenoxy) is 1. The van der Waals surface area contributed by atoms with Gasteiger partial charge >= 0.3 is 0 Å². The first-order chi connectivity index (χ1) is 9.63. The van der Waals surface area contributed by atoms with Crippen molar-refractivity contribution in [2.45, 2.75) is 46.1 Å². The molecule has 0 aliphatic rings. The van der Waals surface area contributed by atoms with Crippen LogP contribution in [0.4, 0.5) is 0 Å². The third-order valence-corrected chi connectivity index (χ3v) is 3.84. The van der Waals surface area contributed by atoms with E-state index in [2.05, 4.69) is 56.2 Å². The number of hydrogen-bond donors (Lipinski definition) is 0. The molecule has 20 heavy (non-hydrogen) atoms. The van der Waals surface area contributed by atoms with Gasteiger partial charge in [-0.15, -0.1) is 0 Å². The highest BCUT2D eigenvalue weighted by molar-refractivity contribution is 5.29. The molecule has 0 fully saturated rings. The van der Waals surface area contributed by atoms with Crippen molar-refractivity contribution in [3.05, 3.63) is 47.3 Å². The van der Waals surface area contributed by atoms with Crippen LogP contribution < -0.4 is 4.74 Å². The molecule has 0 bridgehead atoms. The molecule has 0 saturated carbocycles. The average molecular weight is 272 g/mol. The van der Waals surface area contributed by atoms with Crippen LogP contribution in [0.15, 0.2) is 30.3 Å². The molecule has 1 aromatic carbocycles. The second-order valence-corrected chi connectivity index (χ2v) is 5.27. The maximum Gasteiger partial charge on any atom is 0.130 e. The van der Waals surface area contributed by atoms with E-state index < -0.39 is 0 Å². The van der Waals surface area contributed by atoms with Gasteiger partial charge < -0.3 is 4.74 Å². The number of hydrogen-bond acceptors (Lipinski definition) is 2. The first-order valence-electron chi connectivity index (χ1n) is 7.38. The van der Waals surface area contributed by atoms with Gasteiger partial charge in [-0.2, -0.15) is 5.10 Å². The first-order valence-corrected chi connectivity index (χ1v) is 7.38. The topological polar surface area (TPSA) is 27.1 Å². The maximum atomic E-state index is 5.84. The number of nitrogens with zero attached hydrogens (tertiary/aromatic N) is 2. The monoisotopic (exact) mass is 272 g/mol. The van der Waals surface area contributed by atoms with E-state index in [1.54, 1.807) is 0 Å². The number of rotatable bonds is 6. The molecule has 0 amide bonds. The Morgan fingerprint density at radius 3 is 2.45 bits per heavy atom. The fourth-order valence-corrected chi connectivity index (χ4v) is 2.16. The van der Waals surface area contributed by atoms with Crippen LogP contribution in [0.5, 0.6) is 5.75 Å². The zero-order valence-electron chi connectivity index (χ0n) is 12.9. The SMILES string of the molecule is CCc1cc(COc2ccc(C(C)CC)cc2)n(C)n1. The van der Waals surface area contributed by atoms with Gasteiger partial charge in [-0.3, -0.25) is 4.68 Å². The summed E-state index contributed by atoms with van der Waals surface area (Å²) in [5.41, 5.74) is 3.58. The third kappa shape index (κ3) is 3.41. The van der Waals surface area contributed by atoms with Gasteiger partial charge in [-0.1, -0.05) is 32.9 Å². The molecule has 1 heterocycles. The van der Waals surface area contributed by atoms with Crippen molar-refractivity contribution in [3.63, 3.8) is 0 Å². The Labute approximate surface area is 121 Å². The predicted octanol–water partition coefficient (Wildman–Crippen LogP) is 4.08. The van der Waals surface area contributed by atoms with E-state index in [9.17, 15) is 0 Å². The lowest BCUT2D eigenvalue weighted by atomic mass is 9.99. The molecule has 1 atom stereocenters. The summed E-state index contributed by atoms with van der Waals surface area (Å²) in [4.78, 5) is 0. The predicted molar refractivity (Wildman–Crippen MR) is 82.1 cm³/mol. The summed E-state index contributed by atoms with van der Waals surface area (Å²) < 4.78 is 7.73. The quantitative estimate of drug-likeness (QED) is 0.792. The average Bonchev–Trinajstić information content (AvgIpc) is 2.85. The smallest absolute Gasteiger partial charge is 0.130 e. The van der Waals surface area contributed by atoms with Crippen LogP contribution in [0.3, 0.4) is 0 Å². The lowest BCUT2D eigenvalue weighted by Gasteiger charge is -2.10. The lowest BCUT2D eigenvalue weighted by Crippen LogP contribution is -2.03. The summed E-state index contributed by atoms with van der Waals surface area (Å²) >= 11 is 0. The minimum Gasteiger partial charge on any atom is -0.487 e. The Kier molecular flexibility index (Phi) is 4.83. The van der Waals surface area contributed by atoms with Gasteiger partial charge in [0.05, 0.1) is 11.4 Å². The minimum absolute atomic E-state index is 0.562.